The Balaban J connectivity index is 2.81. The van der Waals surface area contributed by atoms with Gasteiger partial charge < -0.3 is 5.11 Å². The summed E-state index contributed by atoms with van der Waals surface area (Å²) >= 11 is 0. The third-order valence-electron chi connectivity index (χ3n) is 3.40. The van der Waals surface area contributed by atoms with Crippen molar-refractivity contribution in [3.8, 4) is 0 Å². The van der Waals surface area contributed by atoms with Gasteiger partial charge in [0.15, 0.2) is 0 Å². The molecule has 0 aromatic heterocycles. The zero-order valence-corrected chi connectivity index (χ0v) is 13.1. The molecule has 1 N–H and O–H groups in total. The highest BCUT2D eigenvalue weighted by Crippen LogP contribution is 2.16. The molecule has 0 aliphatic rings. The molecule has 4 heteroatoms. The topological polar surface area (TPSA) is 40.5 Å². The minimum atomic E-state index is -1.04. The lowest BCUT2D eigenvalue weighted by molar-refractivity contribution is -0.131. The molecule has 1 aromatic carbocycles. The molecule has 3 nitrogen and oxygen atoms in total. The molecule has 1 unspecified atom stereocenters. The van der Waals surface area contributed by atoms with Crippen molar-refractivity contribution in [3.63, 3.8) is 0 Å². The monoisotopic (exact) mass is 293 g/mol. The lowest BCUT2D eigenvalue weighted by Crippen LogP contribution is -2.29. The molecule has 0 saturated heterocycles. The van der Waals surface area contributed by atoms with Crippen LogP contribution in [0, 0.1) is 11.7 Å². The highest BCUT2D eigenvalue weighted by Gasteiger charge is 2.12. The van der Waals surface area contributed by atoms with Crippen molar-refractivity contribution in [3.05, 3.63) is 41.2 Å². The first-order chi connectivity index (χ1) is 9.77. The number of hydrogen-bond acceptors (Lipinski definition) is 2. The molecule has 0 aliphatic heterocycles. The van der Waals surface area contributed by atoms with E-state index in [0.29, 0.717) is 24.1 Å². The molecule has 1 rings (SSSR count). The van der Waals surface area contributed by atoms with Crippen LogP contribution in [0.1, 0.15) is 38.3 Å². The van der Waals surface area contributed by atoms with Crippen LogP contribution >= 0.6 is 0 Å². The Morgan fingerprint density at radius 2 is 2.00 bits per heavy atom. The Bertz CT molecular complexity index is 512. The molecule has 0 fully saturated rings. The Morgan fingerprint density at radius 3 is 2.57 bits per heavy atom. The second-order valence-corrected chi connectivity index (χ2v) is 5.96. The fourth-order valence-corrected chi connectivity index (χ4v) is 2.34. The predicted octanol–water partition coefficient (Wildman–Crippen LogP) is 3.79. The van der Waals surface area contributed by atoms with Gasteiger partial charge in [0.25, 0.3) is 0 Å². The second kappa shape index (κ2) is 7.93. The lowest BCUT2D eigenvalue weighted by atomic mass is 10.0. The molecule has 0 radical (unpaired) electrons. The van der Waals surface area contributed by atoms with Crippen LogP contribution in [0.25, 0.3) is 6.08 Å². The van der Waals surface area contributed by atoms with E-state index in [1.807, 2.05) is 13.1 Å². The van der Waals surface area contributed by atoms with Gasteiger partial charge in [0.1, 0.15) is 5.82 Å². The number of carboxylic acids is 1. The maximum atomic E-state index is 13.6. The summed E-state index contributed by atoms with van der Waals surface area (Å²) < 4.78 is 13.6. The van der Waals surface area contributed by atoms with Gasteiger partial charge in [0.05, 0.1) is 0 Å². The van der Waals surface area contributed by atoms with E-state index in [4.69, 9.17) is 5.11 Å². The normalized spacial score (nSPS) is 13.3. The van der Waals surface area contributed by atoms with Gasteiger partial charge in [-0.3, -0.25) is 4.90 Å². The zero-order valence-electron chi connectivity index (χ0n) is 13.1. The van der Waals surface area contributed by atoms with Crippen LogP contribution in [-0.4, -0.2) is 29.1 Å². The van der Waals surface area contributed by atoms with E-state index in [0.717, 1.165) is 18.1 Å². The average molecular weight is 293 g/mol. The van der Waals surface area contributed by atoms with E-state index >= 15 is 0 Å². The molecule has 21 heavy (non-hydrogen) atoms. The van der Waals surface area contributed by atoms with Crippen molar-refractivity contribution in [1.82, 2.24) is 4.90 Å². The molecule has 1 aromatic rings. The quantitative estimate of drug-likeness (QED) is 0.778. The van der Waals surface area contributed by atoms with Gasteiger partial charge in [0.2, 0.25) is 0 Å². The number of halogens is 1. The van der Waals surface area contributed by atoms with Crippen molar-refractivity contribution < 1.29 is 14.3 Å². The first kappa shape index (κ1) is 17.4. The first-order valence-electron chi connectivity index (χ1n) is 7.18. The van der Waals surface area contributed by atoms with Crippen LogP contribution in [0.5, 0.6) is 0 Å². The third kappa shape index (κ3) is 6.54. The number of aliphatic carboxylic acids is 1. The van der Waals surface area contributed by atoms with E-state index in [1.54, 1.807) is 0 Å². The smallest absolute Gasteiger partial charge is 0.328 e. The minimum absolute atomic E-state index is 0.345. The van der Waals surface area contributed by atoms with E-state index in [9.17, 15) is 9.18 Å². The molecular formula is C17H24FNO2. The minimum Gasteiger partial charge on any atom is -0.478 e. The van der Waals surface area contributed by atoms with Crippen molar-refractivity contribution in [2.24, 2.45) is 5.92 Å². The van der Waals surface area contributed by atoms with Crippen LogP contribution in [0.3, 0.4) is 0 Å². The second-order valence-electron chi connectivity index (χ2n) is 5.96. The first-order valence-corrected chi connectivity index (χ1v) is 7.18. The number of carbonyl (C=O) groups is 1. The molecule has 0 amide bonds. The van der Waals surface area contributed by atoms with E-state index < -0.39 is 5.97 Å². The van der Waals surface area contributed by atoms with Crippen LogP contribution in [0.15, 0.2) is 24.3 Å². The third-order valence-corrected chi connectivity index (χ3v) is 3.40. The van der Waals surface area contributed by atoms with Gasteiger partial charge in [-0.15, -0.1) is 0 Å². The van der Waals surface area contributed by atoms with Gasteiger partial charge in [0, 0.05) is 18.7 Å². The zero-order chi connectivity index (χ0) is 16.0. The number of nitrogens with zero attached hydrogens (tertiary/aromatic N) is 1. The van der Waals surface area contributed by atoms with Gasteiger partial charge in [-0.25, -0.2) is 9.18 Å². The standard InChI is InChI=1S/C17H24FNO2/c1-12(2)7-13(3)19(4)11-15-8-14(5-6-17(20)21)9-16(18)10-15/h5-6,8-10,12-13H,7,11H2,1-4H3,(H,20,21). The molecular weight excluding hydrogens is 269 g/mol. The van der Waals surface area contributed by atoms with Gasteiger partial charge in [-0.1, -0.05) is 19.9 Å². The van der Waals surface area contributed by atoms with Crippen LogP contribution in [0.2, 0.25) is 0 Å². The molecule has 0 bridgehead atoms. The van der Waals surface area contributed by atoms with Gasteiger partial charge >= 0.3 is 5.97 Å². The van der Waals surface area contributed by atoms with Crippen molar-refractivity contribution in [1.29, 1.82) is 0 Å². The molecule has 0 saturated carbocycles. The number of hydrogen-bond donors (Lipinski definition) is 1. The van der Waals surface area contributed by atoms with E-state index in [1.165, 1.54) is 18.2 Å². The Hall–Kier alpha value is -1.68. The summed E-state index contributed by atoms with van der Waals surface area (Å²) in [7, 11) is 2.02. The summed E-state index contributed by atoms with van der Waals surface area (Å²) in [6, 6.07) is 5.06. The number of benzene rings is 1. The summed E-state index contributed by atoms with van der Waals surface area (Å²) in [5.41, 5.74) is 1.41. The Kier molecular flexibility index (Phi) is 6.56. The Labute approximate surface area is 126 Å². The predicted molar refractivity (Wildman–Crippen MR) is 83.5 cm³/mol. The molecule has 0 spiro atoms. The summed E-state index contributed by atoms with van der Waals surface area (Å²) in [5.74, 6) is -0.769. The van der Waals surface area contributed by atoms with Gasteiger partial charge in [-0.05, 0) is 55.6 Å². The van der Waals surface area contributed by atoms with Crippen LogP contribution < -0.4 is 0 Å². The highest BCUT2D eigenvalue weighted by molar-refractivity contribution is 5.85. The summed E-state index contributed by atoms with van der Waals surface area (Å²) in [4.78, 5) is 12.7. The summed E-state index contributed by atoms with van der Waals surface area (Å²) in [6.45, 7) is 7.16. The summed E-state index contributed by atoms with van der Waals surface area (Å²) in [5, 5.41) is 8.63. The number of rotatable bonds is 7. The summed E-state index contributed by atoms with van der Waals surface area (Å²) in [6.07, 6.45) is 3.51. The molecule has 1 atom stereocenters. The molecule has 0 heterocycles. The SMILES string of the molecule is CC(C)CC(C)N(C)Cc1cc(F)cc(C=CC(=O)O)c1. The average Bonchev–Trinajstić information content (AvgIpc) is 2.34. The lowest BCUT2D eigenvalue weighted by Gasteiger charge is -2.26. The molecule has 116 valence electrons. The van der Waals surface area contributed by atoms with Crippen molar-refractivity contribution >= 4 is 12.0 Å². The van der Waals surface area contributed by atoms with Crippen molar-refractivity contribution in [2.75, 3.05) is 7.05 Å². The fraction of sp³-hybridized carbons (Fsp3) is 0.471. The number of carboxylic acid groups (broad SMARTS) is 1. The van der Waals surface area contributed by atoms with Crippen LogP contribution in [-0.2, 0) is 11.3 Å². The van der Waals surface area contributed by atoms with Crippen LogP contribution in [0.4, 0.5) is 4.39 Å². The van der Waals surface area contributed by atoms with E-state index in [2.05, 4.69) is 25.7 Å². The van der Waals surface area contributed by atoms with Crippen molar-refractivity contribution in [2.45, 2.75) is 39.8 Å². The highest BCUT2D eigenvalue weighted by atomic mass is 19.1. The fourth-order valence-electron chi connectivity index (χ4n) is 2.34. The molecule has 0 aliphatic carbocycles. The Morgan fingerprint density at radius 1 is 1.33 bits per heavy atom. The maximum absolute atomic E-state index is 13.6. The largest absolute Gasteiger partial charge is 0.478 e. The van der Waals surface area contributed by atoms with E-state index in [-0.39, 0.29) is 5.82 Å². The maximum Gasteiger partial charge on any atom is 0.328 e. The van der Waals surface area contributed by atoms with Gasteiger partial charge in [-0.2, -0.15) is 0 Å².